The van der Waals surface area contributed by atoms with Crippen LogP contribution in [0.15, 0.2) is 10.2 Å². The minimum absolute atomic E-state index is 0.553. The van der Waals surface area contributed by atoms with Crippen molar-refractivity contribution in [2.45, 2.75) is 40.0 Å². The second-order valence-corrected chi connectivity index (χ2v) is 4.21. The van der Waals surface area contributed by atoms with Gasteiger partial charge in [-0.3, -0.25) is 0 Å². The van der Waals surface area contributed by atoms with Gasteiger partial charge in [0.2, 0.25) is 0 Å². The first-order valence-electron chi connectivity index (χ1n) is 4.98. The van der Waals surface area contributed by atoms with Crippen LogP contribution < -0.4 is 5.73 Å². The molecule has 1 atom stereocenters. The van der Waals surface area contributed by atoms with Gasteiger partial charge in [0.1, 0.15) is 5.84 Å². The Morgan fingerprint density at radius 1 is 1.23 bits per heavy atom. The van der Waals surface area contributed by atoms with Crippen LogP contribution in [0, 0.1) is 11.8 Å². The lowest BCUT2D eigenvalue weighted by atomic mass is 9.92. The molecular formula is C10H19N3. The maximum atomic E-state index is 5.54. The maximum absolute atomic E-state index is 5.54. The Balaban J connectivity index is 2.52. The van der Waals surface area contributed by atoms with Crippen molar-refractivity contribution in [3.05, 3.63) is 0 Å². The number of hydrogen-bond donors (Lipinski definition) is 1. The molecular weight excluding hydrogens is 162 g/mol. The fourth-order valence-electron chi connectivity index (χ4n) is 1.67. The van der Waals surface area contributed by atoms with E-state index in [9.17, 15) is 0 Å². The molecule has 1 unspecified atom stereocenters. The number of rotatable bonds is 3. The standard InChI is InChI=1S/C10H19N3/c1-7(2)6-8(3)9-4-5-10(11)13-12-9/h7-8H,4-6H2,1-3H3,(H2,11,13). The van der Waals surface area contributed by atoms with E-state index in [0.29, 0.717) is 11.8 Å². The van der Waals surface area contributed by atoms with Crippen LogP contribution >= 0.6 is 0 Å². The number of hydrogen-bond acceptors (Lipinski definition) is 3. The molecule has 2 N–H and O–H groups in total. The molecule has 3 nitrogen and oxygen atoms in total. The van der Waals surface area contributed by atoms with Crippen molar-refractivity contribution >= 4 is 11.5 Å². The molecule has 0 bridgehead atoms. The monoisotopic (exact) mass is 181 g/mol. The van der Waals surface area contributed by atoms with E-state index in [0.717, 1.165) is 18.8 Å². The van der Waals surface area contributed by atoms with Crippen molar-refractivity contribution < 1.29 is 0 Å². The van der Waals surface area contributed by atoms with E-state index >= 15 is 0 Å². The Bertz CT molecular complexity index is 228. The summed E-state index contributed by atoms with van der Waals surface area (Å²) in [6.07, 6.45) is 3.05. The van der Waals surface area contributed by atoms with E-state index in [4.69, 9.17) is 5.73 Å². The fourth-order valence-corrected chi connectivity index (χ4v) is 1.67. The van der Waals surface area contributed by atoms with Crippen LogP contribution in [0.4, 0.5) is 0 Å². The topological polar surface area (TPSA) is 50.7 Å². The van der Waals surface area contributed by atoms with Crippen LogP contribution in [0.25, 0.3) is 0 Å². The molecule has 0 fully saturated rings. The third-order valence-corrected chi connectivity index (χ3v) is 2.34. The van der Waals surface area contributed by atoms with Gasteiger partial charge in [0.15, 0.2) is 0 Å². The minimum Gasteiger partial charge on any atom is -0.386 e. The lowest BCUT2D eigenvalue weighted by molar-refractivity contribution is 0.515. The average Bonchev–Trinajstić information content (AvgIpc) is 2.04. The second-order valence-electron chi connectivity index (χ2n) is 4.21. The predicted molar refractivity (Wildman–Crippen MR) is 56.9 cm³/mol. The second kappa shape index (κ2) is 4.40. The Morgan fingerprint density at radius 3 is 2.38 bits per heavy atom. The largest absolute Gasteiger partial charge is 0.386 e. The van der Waals surface area contributed by atoms with Crippen LogP contribution in [-0.2, 0) is 0 Å². The minimum atomic E-state index is 0.553. The van der Waals surface area contributed by atoms with Crippen LogP contribution in [-0.4, -0.2) is 11.5 Å². The molecule has 0 amide bonds. The van der Waals surface area contributed by atoms with Crippen LogP contribution in [0.1, 0.15) is 40.0 Å². The molecule has 13 heavy (non-hydrogen) atoms. The molecule has 0 radical (unpaired) electrons. The normalized spacial score (nSPS) is 19.7. The lowest BCUT2D eigenvalue weighted by Gasteiger charge is -2.17. The van der Waals surface area contributed by atoms with Gasteiger partial charge in [-0.1, -0.05) is 20.8 Å². The zero-order chi connectivity index (χ0) is 9.84. The highest BCUT2D eigenvalue weighted by molar-refractivity contribution is 5.94. The molecule has 0 spiro atoms. The molecule has 1 rings (SSSR count). The first-order valence-corrected chi connectivity index (χ1v) is 4.98. The molecule has 0 aromatic rings. The molecule has 0 aromatic carbocycles. The van der Waals surface area contributed by atoms with E-state index in [1.165, 1.54) is 12.1 Å². The SMILES string of the molecule is CC(C)CC(C)C1=NN=C(N)CC1. The van der Waals surface area contributed by atoms with Gasteiger partial charge < -0.3 is 5.73 Å². The van der Waals surface area contributed by atoms with Gasteiger partial charge in [-0.05, 0) is 24.7 Å². The van der Waals surface area contributed by atoms with Crippen LogP contribution in [0.5, 0.6) is 0 Å². The van der Waals surface area contributed by atoms with E-state index < -0.39 is 0 Å². The van der Waals surface area contributed by atoms with Crippen molar-refractivity contribution in [3.8, 4) is 0 Å². The number of nitrogens with two attached hydrogens (primary N) is 1. The van der Waals surface area contributed by atoms with Crippen molar-refractivity contribution in [2.24, 2.45) is 27.8 Å². The predicted octanol–water partition coefficient (Wildman–Crippen LogP) is 2.18. The Hall–Kier alpha value is -0.860. The zero-order valence-corrected chi connectivity index (χ0v) is 8.75. The summed E-state index contributed by atoms with van der Waals surface area (Å²) in [6.45, 7) is 6.69. The number of amidine groups is 1. The van der Waals surface area contributed by atoms with Crippen molar-refractivity contribution in [2.75, 3.05) is 0 Å². The summed E-state index contributed by atoms with van der Waals surface area (Å²) in [5.74, 6) is 1.94. The third-order valence-electron chi connectivity index (χ3n) is 2.34. The van der Waals surface area contributed by atoms with E-state index in [2.05, 4.69) is 31.0 Å². The maximum Gasteiger partial charge on any atom is 0.122 e. The highest BCUT2D eigenvalue weighted by Gasteiger charge is 2.15. The molecule has 0 saturated heterocycles. The van der Waals surface area contributed by atoms with Crippen molar-refractivity contribution in [1.82, 2.24) is 0 Å². The smallest absolute Gasteiger partial charge is 0.122 e. The van der Waals surface area contributed by atoms with E-state index in [1.807, 2.05) is 0 Å². The first kappa shape index (κ1) is 10.2. The molecule has 1 aliphatic heterocycles. The molecule has 74 valence electrons. The van der Waals surface area contributed by atoms with Crippen LogP contribution in [0.2, 0.25) is 0 Å². The Kier molecular flexibility index (Phi) is 3.46. The van der Waals surface area contributed by atoms with Gasteiger partial charge in [0.05, 0.1) is 0 Å². The Morgan fingerprint density at radius 2 is 1.92 bits per heavy atom. The molecule has 0 aromatic heterocycles. The fraction of sp³-hybridized carbons (Fsp3) is 0.800. The summed E-state index contributed by atoms with van der Waals surface area (Å²) in [6, 6.07) is 0. The zero-order valence-electron chi connectivity index (χ0n) is 8.75. The van der Waals surface area contributed by atoms with Gasteiger partial charge in [0.25, 0.3) is 0 Å². The highest BCUT2D eigenvalue weighted by atomic mass is 15.2. The van der Waals surface area contributed by atoms with E-state index in [-0.39, 0.29) is 0 Å². The van der Waals surface area contributed by atoms with Gasteiger partial charge in [-0.2, -0.15) is 5.10 Å². The summed E-state index contributed by atoms with van der Waals surface area (Å²) in [5.41, 5.74) is 6.75. The molecule has 3 heteroatoms. The van der Waals surface area contributed by atoms with Crippen LogP contribution in [0.3, 0.4) is 0 Å². The molecule has 0 saturated carbocycles. The molecule has 1 heterocycles. The first-order chi connectivity index (χ1) is 6.09. The number of nitrogens with zero attached hydrogens (tertiary/aromatic N) is 2. The van der Waals surface area contributed by atoms with Crippen molar-refractivity contribution in [3.63, 3.8) is 0 Å². The summed E-state index contributed by atoms with van der Waals surface area (Å²) < 4.78 is 0. The van der Waals surface area contributed by atoms with Gasteiger partial charge in [-0.25, -0.2) is 0 Å². The van der Waals surface area contributed by atoms with Crippen molar-refractivity contribution in [1.29, 1.82) is 0 Å². The molecule has 1 aliphatic rings. The quantitative estimate of drug-likeness (QED) is 0.712. The highest BCUT2D eigenvalue weighted by Crippen LogP contribution is 2.17. The summed E-state index contributed by atoms with van der Waals surface area (Å²) in [7, 11) is 0. The lowest BCUT2D eigenvalue weighted by Crippen LogP contribution is -2.21. The van der Waals surface area contributed by atoms with Gasteiger partial charge in [0, 0.05) is 12.1 Å². The summed E-state index contributed by atoms with van der Waals surface area (Å²) in [5, 5.41) is 8.07. The Labute approximate surface area is 80.1 Å². The van der Waals surface area contributed by atoms with E-state index in [1.54, 1.807) is 0 Å². The van der Waals surface area contributed by atoms with Gasteiger partial charge in [-0.15, -0.1) is 5.10 Å². The summed E-state index contributed by atoms with van der Waals surface area (Å²) in [4.78, 5) is 0. The van der Waals surface area contributed by atoms with Gasteiger partial charge >= 0.3 is 0 Å². The average molecular weight is 181 g/mol. The third kappa shape index (κ3) is 3.17. The molecule has 0 aliphatic carbocycles. The summed E-state index contributed by atoms with van der Waals surface area (Å²) >= 11 is 0.